The highest BCUT2D eigenvalue weighted by atomic mass is 16.5. The number of carbonyl (C=O) groups is 2. The predicted octanol–water partition coefficient (Wildman–Crippen LogP) is 0.562. The normalized spacial score (nSPS) is 24.9. The van der Waals surface area contributed by atoms with Crippen molar-refractivity contribution in [2.75, 3.05) is 32.8 Å². The third kappa shape index (κ3) is 5.20. The SMILES string of the molecule is CCOc1ncccc1C(=O)N[C@H]1C[C@H](C(=O)NCCN2CCCC2)C[C@@H]1O. The average Bonchev–Trinajstić information content (AvgIpc) is 3.32. The van der Waals surface area contributed by atoms with Crippen LogP contribution in [0.2, 0.25) is 0 Å². The van der Waals surface area contributed by atoms with E-state index in [0.29, 0.717) is 31.6 Å². The molecule has 1 aliphatic carbocycles. The molecule has 1 saturated heterocycles. The lowest BCUT2D eigenvalue weighted by Gasteiger charge is -2.17. The molecule has 2 aliphatic rings. The van der Waals surface area contributed by atoms with E-state index in [4.69, 9.17) is 4.74 Å². The van der Waals surface area contributed by atoms with E-state index in [1.54, 1.807) is 18.3 Å². The summed E-state index contributed by atoms with van der Waals surface area (Å²) in [5.41, 5.74) is 0.329. The molecule has 28 heavy (non-hydrogen) atoms. The summed E-state index contributed by atoms with van der Waals surface area (Å²) in [4.78, 5) is 31.4. The van der Waals surface area contributed by atoms with E-state index in [2.05, 4.69) is 20.5 Å². The third-order valence-corrected chi connectivity index (χ3v) is 5.44. The summed E-state index contributed by atoms with van der Waals surface area (Å²) in [5.74, 6) is -0.424. The van der Waals surface area contributed by atoms with Gasteiger partial charge in [-0.1, -0.05) is 0 Å². The minimum absolute atomic E-state index is 0.0496. The van der Waals surface area contributed by atoms with Crippen molar-refractivity contribution in [1.82, 2.24) is 20.5 Å². The summed E-state index contributed by atoms with van der Waals surface area (Å²) in [7, 11) is 0. The monoisotopic (exact) mass is 390 g/mol. The Kier molecular flexibility index (Phi) is 7.22. The molecular formula is C20H30N4O4. The van der Waals surface area contributed by atoms with Gasteiger partial charge in [-0.2, -0.15) is 0 Å². The Morgan fingerprint density at radius 3 is 2.86 bits per heavy atom. The molecule has 8 nitrogen and oxygen atoms in total. The number of likely N-dealkylation sites (tertiary alicyclic amines) is 1. The van der Waals surface area contributed by atoms with Crippen LogP contribution in [-0.4, -0.2) is 71.7 Å². The van der Waals surface area contributed by atoms with Crippen LogP contribution in [0.15, 0.2) is 18.3 Å². The van der Waals surface area contributed by atoms with Gasteiger partial charge in [0, 0.05) is 25.2 Å². The molecule has 1 aliphatic heterocycles. The van der Waals surface area contributed by atoms with E-state index in [0.717, 1.165) is 19.6 Å². The number of amides is 2. The number of nitrogens with zero attached hydrogens (tertiary/aromatic N) is 2. The second kappa shape index (κ2) is 9.84. The number of aliphatic hydroxyl groups is 1. The van der Waals surface area contributed by atoms with Gasteiger partial charge < -0.3 is 25.4 Å². The molecule has 154 valence electrons. The molecule has 1 aromatic rings. The van der Waals surface area contributed by atoms with Crippen LogP contribution in [0, 0.1) is 5.92 Å². The highest BCUT2D eigenvalue weighted by molar-refractivity contribution is 5.96. The smallest absolute Gasteiger partial charge is 0.257 e. The first-order chi connectivity index (χ1) is 13.6. The second-order valence-corrected chi connectivity index (χ2v) is 7.44. The van der Waals surface area contributed by atoms with Crippen LogP contribution < -0.4 is 15.4 Å². The minimum Gasteiger partial charge on any atom is -0.477 e. The summed E-state index contributed by atoms with van der Waals surface area (Å²) >= 11 is 0. The second-order valence-electron chi connectivity index (χ2n) is 7.44. The fourth-order valence-corrected chi connectivity index (χ4v) is 3.93. The zero-order chi connectivity index (χ0) is 19.9. The van der Waals surface area contributed by atoms with Crippen LogP contribution in [0.4, 0.5) is 0 Å². The van der Waals surface area contributed by atoms with Crippen LogP contribution in [0.25, 0.3) is 0 Å². The van der Waals surface area contributed by atoms with Gasteiger partial charge >= 0.3 is 0 Å². The van der Waals surface area contributed by atoms with E-state index >= 15 is 0 Å². The first kappa shape index (κ1) is 20.5. The number of hydrogen-bond donors (Lipinski definition) is 3. The molecule has 3 rings (SSSR count). The van der Waals surface area contributed by atoms with Gasteiger partial charge in [0.15, 0.2) is 0 Å². The summed E-state index contributed by atoms with van der Waals surface area (Å²) in [5, 5.41) is 16.1. The van der Waals surface area contributed by atoms with E-state index < -0.39 is 12.1 Å². The van der Waals surface area contributed by atoms with Crippen molar-refractivity contribution in [3.8, 4) is 5.88 Å². The summed E-state index contributed by atoms with van der Waals surface area (Å²) in [6.07, 6.45) is 4.05. The molecule has 2 fully saturated rings. The molecule has 0 spiro atoms. The Hall–Kier alpha value is -2.19. The van der Waals surface area contributed by atoms with Crippen molar-refractivity contribution in [2.24, 2.45) is 5.92 Å². The van der Waals surface area contributed by atoms with Crippen molar-refractivity contribution in [3.05, 3.63) is 23.9 Å². The van der Waals surface area contributed by atoms with Crippen molar-refractivity contribution < 1.29 is 19.4 Å². The Morgan fingerprint density at radius 2 is 2.11 bits per heavy atom. The van der Waals surface area contributed by atoms with E-state index in [9.17, 15) is 14.7 Å². The Labute approximate surface area is 165 Å². The molecular weight excluding hydrogens is 360 g/mol. The largest absolute Gasteiger partial charge is 0.477 e. The molecule has 3 N–H and O–H groups in total. The van der Waals surface area contributed by atoms with E-state index in [-0.39, 0.29) is 23.6 Å². The van der Waals surface area contributed by atoms with Crippen LogP contribution in [0.3, 0.4) is 0 Å². The molecule has 0 aromatic carbocycles. The topological polar surface area (TPSA) is 104 Å². The van der Waals surface area contributed by atoms with Crippen molar-refractivity contribution >= 4 is 11.8 Å². The van der Waals surface area contributed by atoms with Crippen molar-refractivity contribution in [2.45, 2.75) is 44.8 Å². The minimum atomic E-state index is -0.745. The van der Waals surface area contributed by atoms with Gasteiger partial charge in [-0.25, -0.2) is 4.98 Å². The number of ether oxygens (including phenoxy) is 1. The number of pyridine rings is 1. The Balaban J connectivity index is 1.49. The van der Waals surface area contributed by atoms with Gasteiger partial charge in [-0.05, 0) is 57.8 Å². The van der Waals surface area contributed by atoms with Gasteiger partial charge in [0.2, 0.25) is 11.8 Å². The quantitative estimate of drug-likeness (QED) is 0.599. The van der Waals surface area contributed by atoms with Gasteiger partial charge in [0.1, 0.15) is 5.56 Å². The van der Waals surface area contributed by atoms with Crippen molar-refractivity contribution in [1.29, 1.82) is 0 Å². The number of aromatic nitrogens is 1. The zero-order valence-corrected chi connectivity index (χ0v) is 16.4. The maximum Gasteiger partial charge on any atom is 0.257 e. The molecule has 0 radical (unpaired) electrons. The lowest BCUT2D eigenvalue weighted by molar-refractivity contribution is -0.125. The summed E-state index contributed by atoms with van der Waals surface area (Å²) in [6, 6.07) is 2.84. The van der Waals surface area contributed by atoms with Gasteiger partial charge in [0.05, 0.1) is 18.8 Å². The standard InChI is InChI=1S/C20H30N4O4/c1-2-28-20-15(6-5-7-22-20)19(27)23-16-12-14(13-17(16)25)18(26)21-8-11-24-9-3-4-10-24/h5-7,14,16-17,25H,2-4,8-13H2,1H3,(H,21,26)(H,23,27)/t14-,16-,17-/m0/s1. The Morgan fingerprint density at radius 1 is 1.32 bits per heavy atom. The molecule has 1 aromatic heterocycles. The van der Waals surface area contributed by atoms with Gasteiger partial charge in [0.25, 0.3) is 5.91 Å². The van der Waals surface area contributed by atoms with Gasteiger partial charge in [-0.15, -0.1) is 0 Å². The lowest BCUT2D eigenvalue weighted by Crippen LogP contribution is -2.40. The molecule has 8 heteroatoms. The zero-order valence-electron chi connectivity index (χ0n) is 16.4. The van der Waals surface area contributed by atoms with Crippen LogP contribution in [0.5, 0.6) is 5.88 Å². The molecule has 0 bridgehead atoms. The van der Waals surface area contributed by atoms with E-state index in [1.807, 2.05) is 6.92 Å². The number of hydrogen-bond acceptors (Lipinski definition) is 6. The van der Waals surface area contributed by atoms with Gasteiger partial charge in [-0.3, -0.25) is 9.59 Å². The lowest BCUT2D eigenvalue weighted by atomic mass is 10.1. The Bertz CT molecular complexity index is 678. The molecule has 0 unspecified atom stereocenters. The summed E-state index contributed by atoms with van der Waals surface area (Å²) in [6.45, 7) is 5.92. The predicted molar refractivity (Wildman–Crippen MR) is 104 cm³/mol. The average molecular weight is 390 g/mol. The maximum atomic E-state index is 12.6. The fraction of sp³-hybridized carbons (Fsp3) is 0.650. The van der Waals surface area contributed by atoms with E-state index in [1.165, 1.54) is 12.8 Å². The third-order valence-electron chi connectivity index (χ3n) is 5.44. The molecule has 2 heterocycles. The van der Waals surface area contributed by atoms with Crippen LogP contribution >= 0.6 is 0 Å². The maximum absolute atomic E-state index is 12.6. The number of aliphatic hydroxyl groups excluding tert-OH is 1. The number of rotatable bonds is 8. The van der Waals surface area contributed by atoms with Crippen molar-refractivity contribution in [3.63, 3.8) is 0 Å². The molecule has 2 amide bonds. The number of nitrogens with one attached hydrogen (secondary N) is 2. The van der Waals surface area contributed by atoms with Crippen LogP contribution in [-0.2, 0) is 4.79 Å². The first-order valence-corrected chi connectivity index (χ1v) is 10.1. The summed E-state index contributed by atoms with van der Waals surface area (Å²) < 4.78 is 5.39. The molecule has 3 atom stereocenters. The first-order valence-electron chi connectivity index (χ1n) is 10.1. The number of carbonyl (C=O) groups excluding carboxylic acids is 2. The van der Waals surface area contributed by atoms with Crippen LogP contribution in [0.1, 0.15) is 43.0 Å². The fourth-order valence-electron chi connectivity index (χ4n) is 3.93. The highest BCUT2D eigenvalue weighted by Gasteiger charge is 2.38. The highest BCUT2D eigenvalue weighted by Crippen LogP contribution is 2.27. The molecule has 1 saturated carbocycles.